The maximum atomic E-state index is 11.5. The molecule has 0 spiro atoms. The maximum Gasteiger partial charge on any atom is 0.252 e. The van der Waals surface area contributed by atoms with Crippen LogP contribution in [0.15, 0.2) is 11.8 Å². The van der Waals surface area contributed by atoms with Crippen LogP contribution in [0.1, 0.15) is 19.8 Å². The van der Waals surface area contributed by atoms with Crippen LogP contribution < -0.4 is 38.0 Å². The van der Waals surface area contributed by atoms with Crippen molar-refractivity contribution in [2.24, 2.45) is 0 Å². The molecule has 35 heavy (non-hydrogen) atoms. The lowest BCUT2D eigenvalue weighted by molar-refractivity contribution is -0.695. The first-order valence-electron chi connectivity index (χ1n) is 11.7. The van der Waals surface area contributed by atoms with E-state index in [1.165, 1.54) is 12.2 Å². The number of rotatable bonds is 8. The molecule has 0 unspecified atom stereocenters. The van der Waals surface area contributed by atoms with Crippen molar-refractivity contribution in [3.8, 4) is 0 Å². The molecule has 3 aliphatic rings. The zero-order chi connectivity index (χ0) is 26.1. The summed E-state index contributed by atoms with van der Waals surface area (Å²) in [6, 6.07) is -1.93. The quantitative estimate of drug-likeness (QED) is 0.145. The van der Waals surface area contributed by atoms with Crippen molar-refractivity contribution in [1.29, 1.82) is 0 Å². The third kappa shape index (κ3) is 6.77. The number of aliphatic hydroxyl groups is 2. The molecule has 16 heteroatoms. The van der Waals surface area contributed by atoms with E-state index < -0.39 is 62.5 Å². The molecule has 3 rings (SSSR count). The van der Waals surface area contributed by atoms with Crippen LogP contribution in [0.5, 0.6) is 0 Å². The van der Waals surface area contributed by atoms with E-state index in [0.29, 0.717) is 25.1 Å². The van der Waals surface area contributed by atoms with Gasteiger partial charge in [-0.05, 0) is 13.0 Å². The molecule has 1 saturated heterocycles. The summed E-state index contributed by atoms with van der Waals surface area (Å²) < 4.78 is 39.8. The first-order chi connectivity index (χ1) is 16.3. The number of phosphoric ester groups is 1. The highest BCUT2D eigenvalue weighted by Gasteiger charge is 2.55. The minimum atomic E-state index is -5.46. The Morgan fingerprint density at radius 3 is 2.31 bits per heavy atom. The zero-order valence-electron chi connectivity index (χ0n) is 20.2. The summed E-state index contributed by atoms with van der Waals surface area (Å²) in [6.45, 7) is 1.68. The summed E-state index contributed by atoms with van der Waals surface area (Å²) in [7, 11) is -3.86. The Labute approximate surface area is 203 Å². The van der Waals surface area contributed by atoms with Crippen LogP contribution in [0, 0.1) is 0 Å². The van der Waals surface area contributed by atoms with Crippen molar-refractivity contribution in [3.05, 3.63) is 11.8 Å². The lowest BCUT2D eigenvalue weighted by Gasteiger charge is -2.48. The normalized spacial score (nSPS) is 45.0. The van der Waals surface area contributed by atoms with Gasteiger partial charge in [0.1, 0.15) is 48.6 Å². The maximum absolute atomic E-state index is 11.5. The van der Waals surface area contributed by atoms with E-state index in [0.717, 1.165) is 0 Å². The number of nitrogens with two attached hydrogens (primary N) is 1. The van der Waals surface area contributed by atoms with Crippen molar-refractivity contribution in [2.45, 2.75) is 86.5 Å². The summed E-state index contributed by atoms with van der Waals surface area (Å²) in [5.74, 6) is 0.674. The molecule has 2 heterocycles. The predicted octanol–water partition coefficient (Wildman–Crippen LogP) is -8.89. The van der Waals surface area contributed by atoms with Crippen LogP contribution in [-0.4, -0.2) is 97.2 Å². The van der Waals surface area contributed by atoms with E-state index >= 15 is 0 Å². The molecule has 0 radical (unpaired) electrons. The Morgan fingerprint density at radius 1 is 1.17 bits per heavy atom. The van der Waals surface area contributed by atoms with Crippen molar-refractivity contribution in [3.63, 3.8) is 0 Å². The summed E-state index contributed by atoms with van der Waals surface area (Å²) in [4.78, 5) is 22.9. The number of hydrogen-bond donors (Lipinski definition) is 7. The van der Waals surface area contributed by atoms with E-state index in [-0.39, 0.29) is 18.7 Å². The molecule has 0 aromatic rings. The van der Waals surface area contributed by atoms with Gasteiger partial charge in [0.05, 0.1) is 27.9 Å². The fourth-order valence-corrected chi connectivity index (χ4v) is 5.51. The van der Waals surface area contributed by atoms with Crippen molar-refractivity contribution in [1.82, 2.24) is 0 Å². The van der Waals surface area contributed by atoms with Crippen LogP contribution in [0.4, 0.5) is 0 Å². The second kappa shape index (κ2) is 11.3. The van der Waals surface area contributed by atoms with Gasteiger partial charge in [0.25, 0.3) is 6.29 Å². The molecule has 15 nitrogen and oxygen atoms in total. The van der Waals surface area contributed by atoms with Gasteiger partial charge in [-0.15, -0.1) is 0 Å². The average molecular weight is 531 g/mol. The van der Waals surface area contributed by atoms with Gasteiger partial charge < -0.3 is 76.3 Å². The molecule has 16 N–H and O–H groups in total. The van der Waals surface area contributed by atoms with Gasteiger partial charge in [-0.3, -0.25) is 0 Å². The standard InChI is InChI=1S/C19H38N5O10P/c1-19(26)7-30-18(15(16(19)24-2)34-35(27,28)29)33-14-11(23)5-10(22)13(12(14)25)32-17-9(21)4-3-8(6-20)31-17/h3,9-18,24-26H,4-7,20-23H2,1-2H3,(H2,27,28,29)/p+3/t9-,10+,11-,12+,13-,14+,15-,16-,17-,18+,19+/m1/s1. The van der Waals surface area contributed by atoms with Gasteiger partial charge in [0, 0.05) is 6.42 Å². The summed E-state index contributed by atoms with van der Waals surface area (Å²) >= 11 is 0. The van der Waals surface area contributed by atoms with Crippen molar-refractivity contribution < 1.29 is 76.3 Å². The monoisotopic (exact) mass is 530 g/mol. The van der Waals surface area contributed by atoms with E-state index in [2.05, 4.69) is 22.9 Å². The molecule has 0 amide bonds. The Bertz CT molecular complexity index is 800. The SMILES string of the molecule is C[NH2+][C@@H]1[C@@H](OP(=O)([O-])[O-])[C@H](O[C@@H]2[C@@H](O)[C@H](O[C@H]3OC(C[NH3+])=CC[C@H]3[NH3+])[C@@H]([NH3+])C[C@H]2[NH3+])OC[C@]1(C)O. The second-order valence-electron chi connectivity index (χ2n) is 9.76. The van der Waals surface area contributed by atoms with Gasteiger partial charge in [-0.1, -0.05) is 0 Å². The zero-order valence-corrected chi connectivity index (χ0v) is 21.1. The molecule has 2 fully saturated rings. The molecule has 0 bridgehead atoms. The van der Waals surface area contributed by atoms with Gasteiger partial charge in [0.15, 0.2) is 24.2 Å². The van der Waals surface area contributed by atoms with Crippen LogP contribution in [0.3, 0.4) is 0 Å². The molecule has 204 valence electrons. The third-order valence-electron chi connectivity index (χ3n) is 6.83. The molecular weight excluding hydrogens is 489 g/mol. The van der Waals surface area contributed by atoms with E-state index in [1.807, 2.05) is 6.08 Å². The fraction of sp³-hybridized carbons (Fsp3) is 0.895. The Kier molecular flexibility index (Phi) is 9.33. The molecule has 1 aliphatic carbocycles. The highest BCUT2D eigenvalue weighted by atomic mass is 31.2. The number of hydrogen-bond acceptors (Lipinski definition) is 10. The highest BCUT2D eigenvalue weighted by molar-refractivity contribution is 7.43. The van der Waals surface area contributed by atoms with Gasteiger partial charge in [-0.2, -0.15) is 0 Å². The number of aliphatic hydroxyl groups excluding tert-OH is 1. The summed E-state index contributed by atoms with van der Waals surface area (Å²) in [5.41, 5.74) is 14.5. The molecular formula is C19H41N5O10P+3. The largest absolute Gasteiger partial charge is 0.790 e. The second-order valence-corrected chi connectivity index (χ2v) is 10.9. The molecule has 1 saturated carbocycles. The first kappa shape index (κ1) is 28.8. The lowest BCUT2D eigenvalue weighted by Crippen LogP contribution is -2.96. The minimum absolute atomic E-state index is 0.212. The van der Waals surface area contributed by atoms with E-state index in [1.54, 1.807) is 7.05 Å². The molecule has 11 atom stereocenters. The number of likely N-dealkylation sites (N-methyl/N-ethyl adjacent to an activating group) is 1. The first-order valence-corrected chi connectivity index (χ1v) is 13.2. The Hall–Kier alpha value is -0.750. The van der Waals surface area contributed by atoms with Gasteiger partial charge in [0.2, 0.25) is 0 Å². The topological polar surface area (TPSA) is 277 Å². The lowest BCUT2D eigenvalue weighted by atomic mass is 9.84. The minimum Gasteiger partial charge on any atom is -0.790 e. The molecule has 2 aliphatic heterocycles. The van der Waals surface area contributed by atoms with Gasteiger partial charge >= 0.3 is 0 Å². The fourth-order valence-electron chi connectivity index (χ4n) is 4.98. The number of ether oxygens (including phenoxy) is 4. The summed E-state index contributed by atoms with van der Waals surface area (Å²) in [6.07, 6.45) is -3.61. The average Bonchev–Trinajstić information content (AvgIpc) is 2.75. The summed E-state index contributed by atoms with van der Waals surface area (Å²) in [5, 5.41) is 23.4. The van der Waals surface area contributed by atoms with Crippen molar-refractivity contribution in [2.75, 3.05) is 20.2 Å². The third-order valence-corrected chi connectivity index (χ3v) is 7.33. The van der Waals surface area contributed by atoms with Crippen molar-refractivity contribution >= 4 is 7.82 Å². The highest BCUT2D eigenvalue weighted by Crippen LogP contribution is 2.36. The van der Waals surface area contributed by atoms with E-state index in [4.69, 9.17) is 23.5 Å². The number of quaternary nitrogens is 5. The smallest absolute Gasteiger partial charge is 0.252 e. The van der Waals surface area contributed by atoms with E-state index in [9.17, 15) is 24.6 Å². The van der Waals surface area contributed by atoms with Gasteiger partial charge in [-0.25, -0.2) is 0 Å². The number of phosphoric acid groups is 1. The predicted molar refractivity (Wildman–Crippen MR) is 110 cm³/mol. The molecule has 0 aromatic heterocycles. The van der Waals surface area contributed by atoms with Crippen LogP contribution >= 0.6 is 7.82 Å². The molecule has 0 aromatic carbocycles. The van der Waals surface area contributed by atoms with Crippen LogP contribution in [0.2, 0.25) is 0 Å². The van der Waals surface area contributed by atoms with Crippen LogP contribution in [-0.2, 0) is 28.0 Å². The Balaban J connectivity index is 1.78. The Morgan fingerprint density at radius 2 is 1.77 bits per heavy atom. The van der Waals surface area contributed by atoms with Crippen LogP contribution in [0.25, 0.3) is 0 Å².